The van der Waals surface area contributed by atoms with Crippen molar-refractivity contribution in [2.24, 2.45) is 5.92 Å². The van der Waals surface area contributed by atoms with Crippen molar-refractivity contribution in [3.05, 3.63) is 0 Å². The smallest absolute Gasteiger partial charge is 0.277 e. The number of nitrogens with one attached hydrogen (secondary N) is 1. The topological polar surface area (TPSA) is 66.5 Å². The second-order valence-corrected chi connectivity index (χ2v) is 3.99. The minimum Gasteiger partial charge on any atom is -0.277 e. The molecule has 1 rings (SSSR count). The quantitative estimate of drug-likeness (QED) is 0.783. The predicted octanol–water partition coefficient (Wildman–Crippen LogP) is 1.43. The predicted molar refractivity (Wildman–Crippen MR) is 54.3 cm³/mol. The lowest BCUT2D eigenvalue weighted by atomic mass is 9.99. The maximum atomic E-state index is 12.1. The number of hydrogen-bond donors (Lipinski definition) is 1. The summed E-state index contributed by atoms with van der Waals surface area (Å²) in [6.45, 7) is 0.971. The molecule has 1 fully saturated rings. The summed E-state index contributed by atoms with van der Waals surface area (Å²) in [6, 6.07) is -1.08. The minimum atomic E-state index is -4.46. The summed E-state index contributed by atoms with van der Waals surface area (Å²) in [4.78, 5) is 34.8. The number of halogens is 3. The van der Waals surface area contributed by atoms with E-state index in [1.807, 2.05) is 5.32 Å². The molecular formula is C10H13F3N2O3. The van der Waals surface area contributed by atoms with E-state index in [1.165, 1.54) is 0 Å². The normalized spacial score (nSPS) is 21.2. The Hall–Kier alpha value is -1.60. The summed E-state index contributed by atoms with van der Waals surface area (Å²) in [5.41, 5.74) is 0. The molecule has 1 saturated heterocycles. The van der Waals surface area contributed by atoms with E-state index >= 15 is 0 Å². The summed E-state index contributed by atoms with van der Waals surface area (Å²) in [6.07, 6.45) is -5.01. The molecule has 1 aliphatic rings. The van der Waals surface area contributed by atoms with Crippen molar-refractivity contribution in [1.29, 1.82) is 0 Å². The molecule has 8 heteroatoms. The molecule has 1 heterocycles. The van der Waals surface area contributed by atoms with Gasteiger partial charge in [-0.25, -0.2) is 4.79 Å². The van der Waals surface area contributed by atoms with Crippen LogP contribution in [-0.2, 0) is 9.59 Å². The highest BCUT2D eigenvalue weighted by molar-refractivity contribution is 6.16. The average Bonchev–Trinajstić information content (AvgIpc) is 2.22. The molecule has 0 aliphatic carbocycles. The highest BCUT2D eigenvalue weighted by Gasteiger charge is 2.41. The Bertz CT molecular complexity index is 368. The molecule has 102 valence electrons. The molecule has 0 saturated carbocycles. The number of barbiturate groups is 1. The van der Waals surface area contributed by atoms with E-state index < -0.39 is 42.9 Å². The second-order valence-electron chi connectivity index (χ2n) is 3.99. The Morgan fingerprint density at radius 3 is 2.39 bits per heavy atom. The molecule has 0 bridgehead atoms. The van der Waals surface area contributed by atoms with Gasteiger partial charge in [-0.2, -0.15) is 13.2 Å². The Labute approximate surface area is 101 Å². The van der Waals surface area contributed by atoms with Crippen molar-refractivity contribution in [1.82, 2.24) is 10.2 Å². The van der Waals surface area contributed by atoms with Crippen molar-refractivity contribution in [2.45, 2.75) is 32.4 Å². The Kier molecular flexibility index (Phi) is 4.31. The first kappa shape index (κ1) is 14.5. The third-order valence-electron chi connectivity index (χ3n) is 2.55. The van der Waals surface area contributed by atoms with Crippen LogP contribution in [0.25, 0.3) is 0 Å². The van der Waals surface area contributed by atoms with E-state index in [1.54, 1.807) is 6.92 Å². The lowest BCUT2D eigenvalue weighted by Crippen LogP contribution is -2.58. The standard InChI is InChI=1S/C10H13F3N2O3/c1-2-3-6-7(16)14-9(18)15(8(6)17)5-4-10(11,12)13/h6H,2-5H2,1H3,(H,14,16,18). The zero-order valence-electron chi connectivity index (χ0n) is 9.71. The van der Waals surface area contributed by atoms with E-state index in [4.69, 9.17) is 0 Å². The molecule has 0 radical (unpaired) electrons. The van der Waals surface area contributed by atoms with Gasteiger partial charge in [-0.1, -0.05) is 13.3 Å². The van der Waals surface area contributed by atoms with E-state index in [9.17, 15) is 27.6 Å². The largest absolute Gasteiger partial charge is 0.390 e. The number of carbonyl (C=O) groups is 3. The van der Waals surface area contributed by atoms with E-state index in [0.717, 1.165) is 0 Å². The van der Waals surface area contributed by atoms with Crippen LogP contribution in [0, 0.1) is 5.92 Å². The Morgan fingerprint density at radius 1 is 1.28 bits per heavy atom. The van der Waals surface area contributed by atoms with Crippen molar-refractivity contribution in [3.63, 3.8) is 0 Å². The van der Waals surface area contributed by atoms with E-state index in [2.05, 4.69) is 0 Å². The van der Waals surface area contributed by atoms with Gasteiger partial charge in [0.25, 0.3) is 0 Å². The van der Waals surface area contributed by atoms with Gasteiger partial charge in [0.05, 0.1) is 6.42 Å². The minimum absolute atomic E-state index is 0.209. The van der Waals surface area contributed by atoms with Gasteiger partial charge in [0.15, 0.2) is 0 Å². The number of amides is 4. The first-order valence-electron chi connectivity index (χ1n) is 5.49. The third-order valence-corrected chi connectivity index (χ3v) is 2.55. The summed E-state index contributed by atoms with van der Waals surface area (Å²) >= 11 is 0. The molecule has 0 spiro atoms. The number of rotatable bonds is 4. The number of alkyl halides is 3. The highest BCUT2D eigenvalue weighted by atomic mass is 19.4. The molecule has 1 atom stereocenters. The lowest BCUT2D eigenvalue weighted by molar-refractivity contribution is -0.148. The summed E-state index contributed by atoms with van der Waals surface area (Å²) in [5.74, 6) is -2.66. The van der Waals surface area contributed by atoms with Crippen molar-refractivity contribution in [3.8, 4) is 0 Å². The fourth-order valence-electron chi connectivity index (χ4n) is 1.65. The van der Waals surface area contributed by atoms with Crippen molar-refractivity contribution < 1.29 is 27.6 Å². The second kappa shape index (κ2) is 5.36. The molecule has 1 unspecified atom stereocenters. The van der Waals surface area contributed by atoms with Crippen LogP contribution in [0.15, 0.2) is 0 Å². The third kappa shape index (κ3) is 3.44. The van der Waals surface area contributed by atoms with Gasteiger partial charge < -0.3 is 0 Å². The first-order valence-corrected chi connectivity index (χ1v) is 5.49. The average molecular weight is 266 g/mol. The summed E-state index contributed by atoms with van der Waals surface area (Å²) in [7, 11) is 0. The van der Waals surface area contributed by atoms with Crippen LogP contribution >= 0.6 is 0 Å². The zero-order chi connectivity index (χ0) is 13.9. The van der Waals surface area contributed by atoms with Gasteiger partial charge >= 0.3 is 12.2 Å². The first-order chi connectivity index (χ1) is 8.26. The van der Waals surface area contributed by atoms with Crippen LogP contribution < -0.4 is 5.32 Å². The van der Waals surface area contributed by atoms with Gasteiger partial charge in [-0.15, -0.1) is 0 Å². The fourth-order valence-corrected chi connectivity index (χ4v) is 1.65. The van der Waals surface area contributed by atoms with Crippen LogP contribution in [0.5, 0.6) is 0 Å². The monoisotopic (exact) mass is 266 g/mol. The van der Waals surface area contributed by atoms with Crippen molar-refractivity contribution >= 4 is 17.8 Å². The van der Waals surface area contributed by atoms with Crippen molar-refractivity contribution in [2.75, 3.05) is 6.54 Å². The molecule has 0 aromatic carbocycles. The van der Waals surface area contributed by atoms with Gasteiger partial charge in [-0.3, -0.25) is 19.8 Å². The summed E-state index contributed by atoms with van der Waals surface area (Å²) in [5, 5.41) is 1.89. The molecule has 0 aromatic heterocycles. The molecule has 1 aliphatic heterocycles. The number of hydrogen-bond acceptors (Lipinski definition) is 3. The van der Waals surface area contributed by atoms with Gasteiger partial charge in [-0.05, 0) is 6.42 Å². The Balaban J connectivity index is 2.74. The van der Waals surface area contributed by atoms with Crippen LogP contribution in [-0.4, -0.2) is 35.5 Å². The molecule has 1 N–H and O–H groups in total. The highest BCUT2D eigenvalue weighted by Crippen LogP contribution is 2.22. The Morgan fingerprint density at radius 2 is 1.89 bits per heavy atom. The van der Waals surface area contributed by atoms with E-state index in [-0.39, 0.29) is 6.42 Å². The molecular weight excluding hydrogens is 253 g/mol. The molecule has 4 amide bonds. The number of urea groups is 1. The van der Waals surface area contributed by atoms with Crippen LogP contribution in [0.3, 0.4) is 0 Å². The summed E-state index contributed by atoms with van der Waals surface area (Å²) < 4.78 is 36.2. The van der Waals surface area contributed by atoms with Gasteiger partial charge in [0.2, 0.25) is 11.8 Å². The van der Waals surface area contributed by atoms with E-state index in [0.29, 0.717) is 11.3 Å². The molecule has 18 heavy (non-hydrogen) atoms. The van der Waals surface area contributed by atoms with Crippen LogP contribution in [0.2, 0.25) is 0 Å². The SMILES string of the molecule is CCCC1C(=O)NC(=O)N(CCC(F)(F)F)C1=O. The van der Waals surface area contributed by atoms with Gasteiger partial charge in [0.1, 0.15) is 5.92 Å². The number of carbonyl (C=O) groups excluding carboxylic acids is 3. The van der Waals surface area contributed by atoms with Crippen LogP contribution in [0.4, 0.5) is 18.0 Å². The lowest BCUT2D eigenvalue weighted by Gasteiger charge is -2.30. The fraction of sp³-hybridized carbons (Fsp3) is 0.700. The zero-order valence-corrected chi connectivity index (χ0v) is 9.71. The van der Waals surface area contributed by atoms with Gasteiger partial charge in [0, 0.05) is 6.54 Å². The molecule has 0 aromatic rings. The number of nitrogens with zero attached hydrogens (tertiary/aromatic N) is 1. The molecule has 5 nitrogen and oxygen atoms in total. The number of imide groups is 2. The maximum Gasteiger partial charge on any atom is 0.390 e. The maximum absolute atomic E-state index is 12.1. The van der Waals surface area contributed by atoms with Crippen LogP contribution in [0.1, 0.15) is 26.2 Å².